The third-order valence-corrected chi connectivity index (χ3v) is 5.71. The topological polar surface area (TPSA) is 68.3 Å². The van der Waals surface area contributed by atoms with Gasteiger partial charge >= 0.3 is 5.97 Å². The van der Waals surface area contributed by atoms with E-state index in [1.54, 1.807) is 12.1 Å². The number of rotatable bonds is 4. The Morgan fingerprint density at radius 2 is 1.83 bits per heavy atom. The third-order valence-electron chi connectivity index (χ3n) is 5.16. The molecule has 1 amide bonds. The lowest BCUT2D eigenvalue weighted by molar-refractivity contribution is -0.119. The summed E-state index contributed by atoms with van der Waals surface area (Å²) in [4.78, 5) is 30.1. The number of pyridine rings is 1. The van der Waals surface area contributed by atoms with Gasteiger partial charge in [-0.15, -0.1) is 0 Å². The van der Waals surface area contributed by atoms with Gasteiger partial charge in [-0.05, 0) is 55.5 Å². The van der Waals surface area contributed by atoms with E-state index in [0.717, 1.165) is 54.3 Å². The summed E-state index contributed by atoms with van der Waals surface area (Å²) >= 11 is 11.9. The van der Waals surface area contributed by atoms with E-state index in [1.807, 2.05) is 24.3 Å². The molecule has 0 bridgehead atoms. The zero-order valence-electron chi connectivity index (χ0n) is 16.2. The van der Waals surface area contributed by atoms with Gasteiger partial charge in [-0.3, -0.25) is 9.78 Å². The van der Waals surface area contributed by atoms with E-state index >= 15 is 0 Å². The highest BCUT2D eigenvalue weighted by Crippen LogP contribution is 2.29. The molecule has 7 heteroatoms. The Bertz CT molecular complexity index is 1130. The summed E-state index contributed by atoms with van der Waals surface area (Å²) in [7, 11) is 0. The van der Waals surface area contributed by atoms with Gasteiger partial charge in [0.2, 0.25) is 0 Å². The zero-order valence-corrected chi connectivity index (χ0v) is 17.7. The molecule has 0 saturated carbocycles. The number of halogens is 2. The number of carbonyl (C=O) groups excluding carboxylic acids is 2. The lowest BCUT2D eigenvalue weighted by atomic mass is 9.97. The van der Waals surface area contributed by atoms with Crippen molar-refractivity contribution in [3.8, 4) is 0 Å². The van der Waals surface area contributed by atoms with Gasteiger partial charge in [-0.1, -0.05) is 47.8 Å². The first-order chi connectivity index (χ1) is 14.5. The van der Waals surface area contributed by atoms with E-state index in [1.165, 1.54) is 6.07 Å². The standard InChI is InChI=1S/C23H20Cl2N2O3/c24-14-10-11-20(17(25)12-14)27-21(28)13-30-23(29)22-15-6-2-1-3-8-18(15)26-19-9-5-4-7-16(19)22/h4-5,7,9-12H,1-3,6,8,13H2,(H,27,28). The van der Waals surface area contributed by atoms with Crippen molar-refractivity contribution in [2.45, 2.75) is 32.1 Å². The highest BCUT2D eigenvalue weighted by Gasteiger charge is 2.23. The molecule has 4 rings (SSSR count). The van der Waals surface area contributed by atoms with Crippen LogP contribution in [0.4, 0.5) is 5.69 Å². The number of nitrogens with zero attached hydrogens (tertiary/aromatic N) is 1. The molecule has 0 fully saturated rings. The molecule has 1 heterocycles. The van der Waals surface area contributed by atoms with E-state index in [4.69, 9.17) is 32.9 Å². The summed E-state index contributed by atoms with van der Waals surface area (Å²) in [5.74, 6) is -0.985. The lowest BCUT2D eigenvalue weighted by Gasteiger charge is -2.15. The Balaban J connectivity index is 1.56. The lowest BCUT2D eigenvalue weighted by Crippen LogP contribution is -2.22. The molecule has 30 heavy (non-hydrogen) atoms. The maximum absolute atomic E-state index is 13.0. The average molecular weight is 443 g/mol. The van der Waals surface area contributed by atoms with Crippen LogP contribution in [-0.4, -0.2) is 23.5 Å². The van der Waals surface area contributed by atoms with Crippen molar-refractivity contribution >= 4 is 51.7 Å². The molecule has 1 aromatic heterocycles. The van der Waals surface area contributed by atoms with E-state index in [-0.39, 0.29) is 0 Å². The highest BCUT2D eigenvalue weighted by molar-refractivity contribution is 6.36. The molecule has 154 valence electrons. The number of hydrogen-bond donors (Lipinski definition) is 1. The van der Waals surface area contributed by atoms with Crippen molar-refractivity contribution in [1.29, 1.82) is 0 Å². The van der Waals surface area contributed by atoms with Crippen molar-refractivity contribution in [2.24, 2.45) is 0 Å². The fourth-order valence-electron chi connectivity index (χ4n) is 3.76. The average Bonchev–Trinajstić information content (AvgIpc) is 2.97. The second kappa shape index (κ2) is 9.02. The fourth-order valence-corrected chi connectivity index (χ4v) is 4.22. The van der Waals surface area contributed by atoms with Crippen molar-refractivity contribution in [1.82, 2.24) is 4.98 Å². The molecule has 3 aromatic rings. The minimum Gasteiger partial charge on any atom is -0.452 e. The molecule has 2 aromatic carbocycles. The summed E-state index contributed by atoms with van der Waals surface area (Å²) in [5.41, 5.74) is 3.59. The second-order valence-corrected chi connectivity index (χ2v) is 8.08. The number of ether oxygens (including phenoxy) is 1. The molecule has 0 radical (unpaired) electrons. The zero-order chi connectivity index (χ0) is 21.1. The van der Waals surface area contributed by atoms with Gasteiger partial charge in [0.15, 0.2) is 6.61 Å². The Labute approximate surface area is 184 Å². The minimum atomic E-state index is -0.510. The van der Waals surface area contributed by atoms with Crippen molar-refractivity contribution in [2.75, 3.05) is 11.9 Å². The molecule has 0 saturated heterocycles. The normalized spacial score (nSPS) is 13.4. The summed E-state index contributed by atoms with van der Waals surface area (Å²) in [6.45, 7) is -0.413. The summed E-state index contributed by atoms with van der Waals surface area (Å²) < 4.78 is 5.39. The van der Waals surface area contributed by atoms with Crippen molar-refractivity contribution in [3.63, 3.8) is 0 Å². The Kier molecular flexibility index (Phi) is 6.21. The van der Waals surface area contributed by atoms with Crippen LogP contribution in [0.5, 0.6) is 0 Å². The number of aromatic nitrogens is 1. The Morgan fingerprint density at radius 3 is 2.67 bits per heavy atom. The number of amides is 1. The molecular formula is C23H20Cl2N2O3. The largest absolute Gasteiger partial charge is 0.452 e. The van der Waals surface area contributed by atoms with Gasteiger partial charge in [-0.25, -0.2) is 4.79 Å². The van der Waals surface area contributed by atoms with Crippen LogP contribution in [0.1, 0.15) is 40.9 Å². The Morgan fingerprint density at radius 1 is 1.03 bits per heavy atom. The molecule has 1 aliphatic rings. The molecule has 5 nitrogen and oxygen atoms in total. The minimum absolute atomic E-state index is 0.313. The monoisotopic (exact) mass is 442 g/mol. The Hall–Kier alpha value is -2.63. The van der Waals surface area contributed by atoms with Crippen LogP contribution in [0.2, 0.25) is 10.0 Å². The first-order valence-electron chi connectivity index (χ1n) is 9.85. The van der Waals surface area contributed by atoms with Crippen molar-refractivity contribution < 1.29 is 14.3 Å². The summed E-state index contributed by atoms with van der Waals surface area (Å²) in [5, 5.41) is 4.17. The van der Waals surface area contributed by atoms with Gasteiger partial charge in [0.1, 0.15) is 0 Å². The quantitative estimate of drug-likeness (QED) is 0.421. The van der Waals surface area contributed by atoms with Crippen molar-refractivity contribution in [3.05, 3.63) is 69.3 Å². The number of aryl methyl sites for hydroxylation is 1. The molecule has 0 unspecified atom stereocenters. The van der Waals surface area contributed by atoms with Crippen LogP contribution >= 0.6 is 23.2 Å². The molecule has 1 aliphatic carbocycles. The number of benzene rings is 2. The van der Waals surface area contributed by atoms with Gasteiger partial charge in [0.25, 0.3) is 5.91 Å². The number of carbonyl (C=O) groups is 2. The van der Waals surface area contributed by atoms with E-state index < -0.39 is 18.5 Å². The highest BCUT2D eigenvalue weighted by atomic mass is 35.5. The van der Waals surface area contributed by atoms with E-state index in [9.17, 15) is 9.59 Å². The predicted molar refractivity (Wildman–Crippen MR) is 118 cm³/mol. The second-order valence-electron chi connectivity index (χ2n) is 7.24. The van der Waals surface area contributed by atoms with Gasteiger partial charge in [0, 0.05) is 16.1 Å². The maximum atomic E-state index is 13.0. The number of anilines is 1. The fraction of sp³-hybridized carbons (Fsp3) is 0.261. The molecule has 1 N–H and O–H groups in total. The van der Waals surface area contributed by atoms with Crippen LogP contribution in [0.25, 0.3) is 10.9 Å². The predicted octanol–water partition coefficient (Wildman–Crippen LogP) is 5.61. The van der Waals surface area contributed by atoms with Gasteiger partial charge < -0.3 is 10.1 Å². The van der Waals surface area contributed by atoms with Gasteiger partial charge in [0.05, 0.1) is 21.8 Å². The van der Waals surface area contributed by atoms with Gasteiger partial charge in [-0.2, -0.15) is 0 Å². The number of esters is 1. The van der Waals surface area contributed by atoms with E-state index in [2.05, 4.69) is 5.32 Å². The molecular weight excluding hydrogens is 423 g/mol. The molecule has 0 aliphatic heterocycles. The SMILES string of the molecule is O=C(COC(=O)c1c2c(nc3ccccc13)CCCCC2)Nc1ccc(Cl)cc1Cl. The molecule has 0 atom stereocenters. The first-order valence-corrected chi connectivity index (χ1v) is 10.6. The van der Waals surface area contributed by atoms with Crippen LogP contribution < -0.4 is 5.32 Å². The van der Waals surface area contributed by atoms with Crippen LogP contribution in [-0.2, 0) is 22.4 Å². The maximum Gasteiger partial charge on any atom is 0.339 e. The summed E-state index contributed by atoms with van der Waals surface area (Å²) in [6.07, 6.45) is 4.78. The first kappa shape index (κ1) is 20.6. The number of hydrogen-bond acceptors (Lipinski definition) is 4. The van der Waals surface area contributed by atoms with Crippen LogP contribution in [0.15, 0.2) is 42.5 Å². The number of para-hydroxylation sites is 1. The van der Waals surface area contributed by atoms with Crippen LogP contribution in [0, 0.1) is 0 Å². The van der Waals surface area contributed by atoms with E-state index in [0.29, 0.717) is 21.3 Å². The smallest absolute Gasteiger partial charge is 0.339 e. The number of fused-ring (bicyclic) bond motifs is 2. The third kappa shape index (κ3) is 4.42. The summed E-state index contributed by atoms with van der Waals surface area (Å²) in [6, 6.07) is 12.3. The van der Waals surface area contributed by atoms with Crippen LogP contribution in [0.3, 0.4) is 0 Å². The number of nitrogens with one attached hydrogen (secondary N) is 1. The molecule has 0 spiro atoms.